The summed E-state index contributed by atoms with van der Waals surface area (Å²) in [7, 11) is 0. The van der Waals surface area contributed by atoms with Crippen molar-refractivity contribution in [2.75, 3.05) is 38.5 Å². The summed E-state index contributed by atoms with van der Waals surface area (Å²) in [6.07, 6.45) is 0. The number of benzene rings is 1. The predicted molar refractivity (Wildman–Crippen MR) is 68.2 cm³/mol. The van der Waals surface area contributed by atoms with E-state index in [2.05, 4.69) is 16.7 Å². The van der Waals surface area contributed by atoms with Crippen LogP contribution in [-0.2, 0) is 6.54 Å². The van der Waals surface area contributed by atoms with Crippen molar-refractivity contribution in [3.8, 4) is 0 Å². The third-order valence-corrected chi connectivity index (χ3v) is 3.47. The topological polar surface area (TPSA) is 32.5 Å². The van der Waals surface area contributed by atoms with Crippen molar-refractivity contribution in [1.82, 2.24) is 9.80 Å². The second kappa shape index (κ2) is 5.63. The SMILES string of the molecule is CCN1CCN(Cc2cc(F)c(N)cc2F)CC1. The van der Waals surface area contributed by atoms with Crippen LogP contribution in [0.4, 0.5) is 14.5 Å². The van der Waals surface area contributed by atoms with Crippen LogP contribution in [0.1, 0.15) is 12.5 Å². The molecule has 1 heterocycles. The zero-order valence-corrected chi connectivity index (χ0v) is 10.6. The van der Waals surface area contributed by atoms with Crippen molar-refractivity contribution in [2.24, 2.45) is 0 Å². The Morgan fingerprint density at radius 2 is 1.67 bits per heavy atom. The van der Waals surface area contributed by atoms with Crippen molar-refractivity contribution in [2.45, 2.75) is 13.5 Å². The Labute approximate surface area is 106 Å². The molecule has 2 rings (SSSR count). The number of nitrogen functional groups attached to an aromatic ring is 1. The maximum Gasteiger partial charge on any atom is 0.146 e. The van der Waals surface area contributed by atoms with E-state index in [9.17, 15) is 8.78 Å². The highest BCUT2D eigenvalue weighted by atomic mass is 19.1. The van der Waals surface area contributed by atoms with E-state index in [1.165, 1.54) is 6.07 Å². The molecule has 5 heteroatoms. The van der Waals surface area contributed by atoms with Gasteiger partial charge in [-0.3, -0.25) is 4.90 Å². The maximum atomic E-state index is 13.6. The molecule has 0 radical (unpaired) electrons. The molecule has 1 fully saturated rings. The van der Waals surface area contributed by atoms with Gasteiger partial charge in [0.2, 0.25) is 0 Å². The molecule has 0 atom stereocenters. The van der Waals surface area contributed by atoms with Crippen molar-refractivity contribution < 1.29 is 8.78 Å². The molecule has 0 spiro atoms. The molecule has 1 aromatic carbocycles. The first-order chi connectivity index (χ1) is 8.60. The third-order valence-electron chi connectivity index (χ3n) is 3.47. The van der Waals surface area contributed by atoms with E-state index in [0.29, 0.717) is 12.1 Å². The molecular formula is C13H19F2N3. The lowest BCUT2D eigenvalue weighted by Crippen LogP contribution is -2.45. The third kappa shape index (κ3) is 2.97. The van der Waals surface area contributed by atoms with E-state index in [-0.39, 0.29) is 5.69 Å². The smallest absolute Gasteiger partial charge is 0.146 e. The quantitative estimate of drug-likeness (QED) is 0.834. The van der Waals surface area contributed by atoms with E-state index in [0.717, 1.165) is 38.8 Å². The Hall–Kier alpha value is -1.20. The van der Waals surface area contributed by atoms with E-state index in [1.807, 2.05) is 0 Å². The van der Waals surface area contributed by atoms with Gasteiger partial charge in [-0.05, 0) is 12.6 Å². The molecule has 1 saturated heterocycles. The van der Waals surface area contributed by atoms with Crippen LogP contribution in [0.15, 0.2) is 12.1 Å². The number of halogens is 2. The molecule has 0 bridgehead atoms. The van der Waals surface area contributed by atoms with Gasteiger partial charge in [0.1, 0.15) is 11.6 Å². The predicted octanol–water partition coefficient (Wildman–Crippen LogP) is 1.68. The Morgan fingerprint density at radius 1 is 1.06 bits per heavy atom. The summed E-state index contributed by atoms with van der Waals surface area (Å²) < 4.78 is 27.0. The van der Waals surface area contributed by atoms with Crippen LogP contribution in [0.3, 0.4) is 0 Å². The van der Waals surface area contributed by atoms with Gasteiger partial charge in [-0.25, -0.2) is 8.78 Å². The Bertz CT molecular complexity index is 415. The average molecular weight is 255 g/mol. The van der Waals surface area contributed by atoms with E-state index < -0.39 is 11.6 Å². The number of likely N-dealkylation sites (N-methyl/N-ethyl adjacent to an activating group) is 1. The van der Waals surface area contributed by atoms with Crippen molar-refractivity contribution in [3.05, 3.63) is 29.3 Å². The van der Waals surface area contributed by atoms with Crippen molar-refractivity contribution in [3.63, 3.8) is 0 Å². The number of hydrogen-bond donors (Lipinski definition) is 1. The van der Waals surface area contributed by atoms with Crippen LogP contribution in [0, 0.1) is 11.6 Å². The van der Waals surface area contributed by atoms with Gasteiger partial charge >= 0.3 is 0 Å². The van der Waals surface area contributed by atoms with Crippen LogP contribution in [0.2, 0.25) is 0 Å². The lowest BCUT2D eigenvalue weighted by Gasteiger charge is -2.34. The molecule has 0 unspecified atom stereocenters. The van der Waals surface area contributed by atoms with Crippen LogP contribution in [-0.4, -0.2) is 42.5 Å². The van der Waals surface area contributed by atoms with Crippen LogP contribution in [0.5, 0.6) is 0 Å². The average Bonchev–Trinajstić information content (AvgIpc) is 2.37. The summed E-state index contributed by atoms with van der Waals surface area (Å²) in [5, 5.41) is 0. The molecule has 18 heavy (non-hydrogen) atoms. The van der Waals surface area contributed by atoms with Crippen LogP contribution >= 0.6 is 0 Å². The molecule has 1 aliphatic rings. The van der Waals surface area contributed by atoms with E-state index >= 15 is 0 Å². The van der Waals surface area contributed by atoms with Gasteiger partial charge in [0, 0.05) is 44.4 Å². The van der Waals surface area contributed by atoms with Gasteiger partial charge in [-0.2, -0.15) is 0 Å². The highest BCUT2D eigenvalue weighted by Crippen LogP contribution is 2.18. The highest BCUT2D eigenvalue weighted by molar-refractivity contribution is 5.42. The molecule has 3 nitrogen and oxygen atoms in total. The van der Waals surface area contributed by atoms with E-state index in [1.54, 1.807) is 0 Å². The van der Waals surface area contributed by atoms with Crippen LogP contribution < -0.4 is 5.73 Å². The van der Waals surface area contributed by atoms with E-state index in [4.69, 9.17) is 5.73 Å². The standard InChI is InChI=1S/C13H19F2N3/c1-2-17-3-5-18(6-4-17)9-10-7-12(15)13(16)8-11(10)14/h7-8H,2-6,9,16H2,1H3. The van der Waals surface area contributed by atoms with Gasteiger partial charge in [0.15, 0.2) is 0 Å². The highest BCUT2D eigenvalue weighted by Gasteiger charge is 2.17. The molecule has 0 aliphatic carbocycles. The fraction of sp³-hybridized carbons (Fsp3) is 0.538. The summed E-state index contributed by atoms with van der Waals surface area (Å²) in [6, 6.07) is 2.27. The minimum Gasteiger partial charge on any atom is -0.396 e. The first kappa shape index (κ1) is 13.2. The molecule has 0 saturated carbocycles. The summed E-state index contributed by atoms with van der Waals surface area (Å²) in [4.78, 5) is 4.48. The number of nitrogens with zero attached hydrogens (tertiary/aromatic N) is 2. The minimum atomic E-state index is -0.543. The number of hydrogen-bond acceptors (Lipinski definition) is 3. The van der Waals surface area contributed by atoms with Crippen molar-refractivity contribution in [1.29, 1.82) is 0 Å². The molecule has 1 aromatic rings. The monoisotopic (exact) mass is 255 g/mol. The number of anilines is 1. The van der Waals surface area contributed by atoms with Gasteiger partial charge in [0.05, 0.1) is 5.69 Å². The summed E-state index contributed by atoms with van der Waals surface area (Å²) >= 11 is 0. The van der Waals surface area contributed by atoms with Gasteiger partial charge in [-0.15, -0.1) is 0 Å². The maximum absolute atomic E-state index is 13.6. The molecular weight excluding hydrogens is 236 g/mol. The molecule has 0 amide bonds. The fourth-order valence-electron chi connectivity index (χ4n) is 2.23. The lowest BCUT2D eigenvalue weighted by molar-refractivity contribution is 0.131. The molecule has 1 aliphatic heterocycles. The Kier molecular flexibility index (Phi) is 4.14. The first-order valence-corrected chi connectivity index (χ1v) is 6.28. The van der Waals surface area contributed by atoms with Crippen molar-refractivity contribution >= 4 is 5.69 Å². The number of piperazine rings is 1. The normalized spacial score (nSPS) is 18.2. The number of nitrogens with two attached hydrogens (primary N) is 1. The summed E-state index contributed by atoms with van der Waals surface area (Å²) in [5.74, 6) is -0.967. The number of rotatable bonds is 3. The van der Waals surface area contributed by atoms with Gasteiger partial charge < -0.3 is 10.6 Å². The largest absolute Gasteiger partial charge is 0.396 e. The Balaban J connectivity index is 2.00. The second-order valence-electron chi connectivity index (χ2n) is 4.68. The van der Waals surface area contributed by atoms with Gasteiger partial charge in [0.25, 0.3) is 0 Å². The second-order valence-corrected chi connectivity index (χ2v) is 4.68. The first-order valence-electron chi connectivity index (χ1n) is 6.28. The molecule has 100 valence electrons. The van der Waals surface area contributed by atoms with Gasteiger partial charge in [-0.1, -0.05) is 6.92 Å². The minimum absolute atomic E-state index is 0.132. The fourth-order valence-corrected chi connectivity index (χ4v) is 2.23. The van der Waals surface area contributed by atoms with Crippen LogP contribution in [0.25, 0.3) is 0 Å². The molecule has 0 aromatic heterocycles. The summed E-state index contributed by atoms with van der Waals surface area (Å²) in [6.45, 7) is 7.35. The Morgan fingerprint density at radius 3 is 2.28 bits per heavy atom. The zero-order chi connectivity index (χ0) is 13.1. The zero-order valence-electron chi connectivity index (χ0n) is 10.6. The lowest BCUT2D eigenvalue weighted by atomic mass is 10.1. The summed E-state index contributed by atoms with van der Waals surface area (Å²) in [5.41, 5.74) is 5.57. The molecule has 2 N–H and O–H groups in total.